The van der Waals surface area contributed by atoms with Gasteiger partial charge in [0.1, 0.15) is 0 Å². The van der Waals surface area contributed by atoms with Gasteiger partial charge in [-0.15, -0.1) is 0 Å². The molecule has 0 spiro atoms. The molecule has 18 aromatic rings. The molecule has 3 nitrogen and oxygen atoms in total. The van der Waals surface area contributed by atoms with Crippen molar-refractivity contribution in [2.45, 2.75) is 163 Å². The summed E-state index contributed by atoms with van der Waals surface area (Å²) in [7, 11) is 0. The van der Waals surface area contributed by atoms with E-state index < -0.39 is 5.41 Å². The van der Waals surface area contributed by atoms with Crippen LogP contribution in [-0.4, -0.2) is 11.3 Å². The summed E-state index contributed by atoms with van der Waals surface area (Å²) in [6, 6.07) is 147. The molecule has 17 aromatic carbocycles. The molecule has 3 heterocycles. The minimum absolute atomic E-state index is 0.0934. The summed E-state index contributed by atoms with van der Waals surface area (Å²) >= 11 is 0. The second-order valence-electron chi connectivity index (χ2n) is 43.3. The number of aromatic nitrogens is 1. The number of fused-ring (bicyclic) bond motifs is 10. The molecule has 21 rings (SSSR count). The van der Waals surface area contributed by atoms with Gasteiger partial charge in [-0.2, -0.15) is 0 Å². The molecule has 0 saturated heterocycles. The van der Waals surface area contributed by atoms with Crippen LogP contribution in [0.3, 0.4) is 0 Å². The van der Waals surface area contributed by atoms with Gasteiger partial charge >= 0.3 is 0 Å². The van der Waals surface area contributed by atoms with Crippen LogP contribution < -0.4 is 26.2 Å². The van der Waals surface area contributed by atoms with E-state index in [2.05, 4.69) is 515 Å². The molecular weight excluding hydrogens is 1580 g/mol. The fourth-order valence-corrected chi connectivity index (χ4v) is 21.4. The van der Waals surface area contributed by atoms with Gasteiger partial charge in [0.05, 0.1) is 27.8 Å². The summed E-state index contributed by atoms with van der Waals surface area (Å²) in [5, 5.41) is 2.50. The first kappa shape index (κ1) is 84.1. The Morgan fingerprint density at radius 1 is 0.221 bits per heavy atom. The molecule has 131 heavy (non-hydrogen) atoms. The van der Waals surface area contributed by atoms with Crippen molar-refractivity contribution in [3.05, 3.63) is 432 Å². The average Bonchev–Trinajstić information content (AvgIpc) is 1.68. The van der Waals surface area contributed by atoms with Gasteiger partial charge in [-0.05, 0) is 250 Å². The van der Waals surface area contributed by atoms with Gasteiger partial charge in [-0.25, -0.2) is 0 Å². The second kappa shape index (κ2) is 31.2. The van der Waals surface area contributed by atoms with Gasteiger partial charge in [-0.1, -0.05) is 422 Å². The van der Waals surface area contributed by atoms with Gasteiger partial charge < -0.3 is 14.4 Å². The predicted molar refractivity (Wildman–Crippen MR) is 562 cm³/mol. The van der Waals surface area contributed by atoms with Crippen molar-refractivity contribution in [3.63, 3.8) is 0 Å². The fraction of sp³-hybridized carbons (Fsp3) is 0.197. The molecule has 0 bridgehead atoms. The Labute approximate surface area is 777 Å². The van der Waals surface area contributed by atoms with Gasteiger partial charge in [0, 0.05) is 61.5 Å². The number of hydrogen-bond acceptors (Lipinski definition) is 2. The van der Waals surface area contributed by atoms with Crippen LogP contribution in [0.15, 0.2) is 376 Å². The first-order chi connectivity index (χ1) is 62.8. The number of nitrogens with zero attached hydrogens (tertiary/aromatic N) is 3. The van der Waals surface area contributed by atoms with Crippen molar-refractivity contribution < 1.29 is 0 Å². The second-order valence-corrected chi connectivity index (χ2v) is 43.3. The van der Waals surface area contributed by atoms with E-state index in [1.807, 2.05) is 0 Å². The van der Waals surface area contributed by atoms with E-state index in [0.29, 0.717) is 0 Å². The average molecular weight is 1700 g/mol. The van der Waals surface area contributed by atoms with Gasteiger partial charge in [-0.3, -0.25) is 0 Å². The first-order valence-electron chi connectivity index (χ1n) is 47.1. The third-order valence-corrected chi connectivity index (χ3v) is 28.6. The van der Waals surface area contributed by atoms with Crippen LogP contribution in [0.2, 0.25) is 0 Å². The van der Waals surface area contributed by atoms with Gasteiger partial charge in [0.25, 0.3) is 6.71 Å². The number of hydrogen-bond donors (Lipinski definition) is 0. The lowest BCUT2D eigenvalue weighted by Gasteiger charge is -2.46. The van der Waals surface area contributed by atoms with Crippen molar-refractivity contribution >= 4 is 79.0 Å². The Bertz CT molecular complexity index is 7300. The highest BCUT2D eigenvalue weighted by Gasteiger charge is 2.50. The van der Waals surface area contributed by atoms with Crippen LogP contribution in [0.4, 0.5) is 34.1 Å². The Morgan fingerprint density at radius 2 is 0.565 bits per heavy atom. The van der Waals surface area contributed by atoms with Crippen molar-refractivity contribution in [3.8, 4) is 94.7 Å². The SMILES string of the molecule is CC(C)(C)c1cc(-c2cc3c4c(c2)N(c2c(-c5ccccc5)cc(C(C)(C)C)cc2-c2ccccc2)c2cc(-n5c6ccc(C(C)(C)C)cc6c6cc(C(C)(C)C)ccc65)ccc2B4c2ccc(-c4cccc5c4C(c4ccccc4)(c4ccc(-c6ccccc6)cc4)c4ccccc4-5)cc2N3c2c(-c3ccccc3)cc(C(C)(C)C)cc2-c2ccccc2)cc(C(C)(C)C)c1. The van der Waals surface area contributed by atoms with Crippen LogP contribution in [0.1, 0.15) is 180 Å². The zero-order valence-electron chi connectivity index (χ0n) is 79.2. The Kier molecular flexibility index (Phi) is 20.0. The van der Waals surface area contributed by atoms with E-state index in [1.165, 1.54) is 127 Å². The minimum Gasteiger partial charge on any atom is -0.310 e. The highest BCUT2D eigenvalue weighted by atomic mass is 15.2. The molecule has 0 radical (unpaired) electrons. The fourth-order valence-electron chi connectivity index (χ4n) is 21.4. The molecule has 1 atom stereocenters. The van der Waals surface area contributed by atoms with Crippen LogP contribution in [-0.2, 0) is 37.9 Å². The molecule has 2 aliphatic heterocycles. The first-order valence-corrected chi connectivity index (χ1v) is 47.1. The van der Waals surface area contributed by atoms with Crippen molar-refractivity contribution in [1.29, 1.82) is 0 Å². The molecule has 0 amide bonds. The van der Waals surface area contributed by atoms with Crippen LogP contribution >= 0.6 is 0 Å². The Morgan fingerprint density at radius 3 is 1.01 bits per heavy atom. The van der Waals surface area contributed by atoms with E-state index in [-0.39, 0.29) is 39.2 Å². The van der Waals surface area contributed by atoms with Crippen LogP contribution in [0.25, 0.3) is 117 Å². The van der Waals surface area contributed by atoms with Crippen molar-refractivity contribution in [1.82, 2.24) is 4.57 Å². The maximum Gasteiger partial charge on any atom is 0.252 e. The molecule has 1 aliphatic carbocycles. The molecule has 0 fully saturated rings. The molecule has 1 aromatic heterocycles. The maximum absolute atomic E-state index is 2.80. The van der Waals surface area contributed by atoms with E-state index in [9.17, 15) is 0 Å². The number of rotatable bonds is 12. The summed E-state index contributed by atoms with van der Waals surface area (Å²) in [4.78, 5) is 5.58. The smallest absolute Gasteiger partial charge is 0.252 e. The molecule has 1 unspecified atom stereocenters. The Hall–Kier alpha value is -13.8. The summed E-state index contributed by atoms with van der Waals surface area (Å²) in [6.45, 7) is 42.3. The summed E-state index contributed by atoms with van der Waals surface area (Å²) in [6.07, 6.45) is 0. The standard InChI is InChI=1S/C127H116BN3/c1-121(2,3)92-61-66-111-106(74-92)107-75-93(122(4,5)6)62-67-112(107)129(111)98-63-65-110-114(80-98)131(120-104(85-46-31-22-32-47-85)78-97(126(16,17)18)79-105(120)86-48-33-23-34-49-86)116-72-89(88-68-94(123(7,8)9)73-95(69-88)124(10,11)12)71-115-118(116)128(110)109-64-58-87(70-113(109)130(115)119-102(83-42-27-20-28-43-83)76-96(125(13,14)15)77-103(119)84-44-29-21-30-45-84)99-53-39-54-101-100-52-37-38-55-108(100)127(117(99)101,90-50-35-24-36-51-90)91-59-56-82(57-60-91)81-40-25-19-26-41-81/h19-80H,1-18H3. The number of benzene rings is 17. The van der Waals surface area contributed by atoms with E-state index in [4.69, 9.17) is 0 Å². The molecular formula is C127H116BN3. The van der Waals surface area contributed by atoms with Crippen molar-refractivity contribution in [2.24, 2.45) is 0 Å². The van der Waals surface area contributed by atoms with Crippen molar-refractivity contribution in [2.75, 3.05) is 9.80 Å². The molecule has 4 heteroatoms. The van der Waals surface area contributed by atoms with E-state index in [1.54, 1.807) is 0 Å². The minimum atomic E-state index is -0.756. The monoisotopic (exact) mass is 1690 g/mol. The Balaban J connectivity index is 0.958. The van der Waals surface area contributed by atoms with E-state index >= 15 is 0 Å². The van der Waals surface area contributed by atoms with Gasteiger partial charge in [0.15, 0.2) is 0 Å². The molecule has 0 N–H and O–H groups in total. The zero-order chi connectivity index (χ0) is 90.7. The highest BCUT2D eigenvalue weighted by molar-refractivity contribution is 7.00. The van der Waals surface area contributed by atoms with E-state index in [0.717, 1.165) is 95.4 Å². The maximum atomic E-state index is 2.80. The largest absolute Gasteiger partial charge is 0.310 e. The number of anilines is 6. The predicted octanol–water partition coefficient (Wildman–Crippen LogP) is 32.7. The summed E-state index contributed by atoms with van der Waals surface area (Å²) in [5.74, 6) is 0. The zero-order valence-corrected chi connectivity index (χ0v) is 79.2. The summed E-state index contributed by atoms with van der Waals surface area (Å²) in [5.41, 5.74) is 43.2. The molecule has 642 valence electrons. The lowest BCUT2D eigenvalue weighted by Crippen LogP contribution is -2.61. The topological polar surface area (TPSA) is 11.4 Å². The van der Waals surface area contributed by atoms with Crippen LogP contribution in [0, 0.1) is 0 Å². The molecule has 0 saturated carbocycles. The third-order valence-electron chi connectivity index (χ3n) is 28.6. The highest BCUT2D eigenvalue weighted by Crippen LogP contribution is 2.61. The van der Waals surface area contributed by atoms with Crippen LogP contribution in [0.5, 0.6) is 0 Å². The quantitative estimate of drug-likeness (QED) is 0.113. The summed E-state index contributed by atoms with van der Waals surface area (Å²) < 4.78 is 2.59. The van der Waals surface area contributed by atoms with Gasteiger partial charge in [0.2, 0.25) is 0 Å². The molecule has 3 aliphatic rings. The lowest BCUT2D eigenvalue weighted by atomic mass is 9.33. The normalized spacial score (nSPS) is 14.3. The third kappa shape index (κ3) is 14.3. The lowest BCUT2D eigenvalue weighted by molar-refractivity contribution is 0.569.